The molecule has 17 heavy (non-hydrogen) atoms. The smallest absolute Gasteiger partial charge is 0.165 e. The number of hydrogen-bond acceptors (Lipinski definition) is 3. The lowest BCUT2D eigenvalue weighted by Gasteiger charge is -2.12. The summed E-state index contributed by atoms with van der Waals surface area (Å²) in [5.41, 5.74) is 2.80. The summed E-state index contributed by atoms with van der Waals surface area (Å²) in [5, 5.41) is 0. The molecule has 0 aliphatic rings. The van der Waals surface area contributed by atoms with Gasteiger partial charge in [0, 0.05) is 19.1 Å². The van der Waals surface area contributed by atoms with Crippen LogP contribution in [0.3, 0.4) is 0 Å². The molecule has 0 atom stereocenters. The molecule has 0 saturated carbocycles. The zero-order valence-electron chi connectivity index (χ0n) is 11.0. The normalized spacial score (nSPS) is 10.4. The van der Waals surface area contributed by atoms with Crippen molar-refractivity contribution < 1.29 is 14.3 Å². The number of ketones is 1. The van der Waals surface area contributed by atoms with Crippen molar-refractivity contribution in [2.75, 3.05) is 20.3 Å². The molecule has 1 rings (SSSR count). The Balaban J connectivity index is 2.95. The van der Waals surface area contributed by atoms with Crippen molar-refractivity contribution in [2.45, 2.75) is 27.2 Å². The molecular formula is C14H20O3. The van der Waals surface area contributed by atoms with E-state index in [1.165, 1.54) is 0 Å². The van der Waals surface area contributed by atoms with Crippen LogP contribution in [0.4, 0.5) is 0 Å². The molecule has 94 valence electrons. The van der Waals surface area contributed by atoms with Gasteiger partial charge in [0.1, 0.15) is 5.75 Å². The van der Waals surface area contributed by atoms with Gasteiger partial charge < -0.3 is 9.47 Å². The van der Waals surface area contributed by atoms with Gasteiger partial charge in [0.15, 0.2) is 5.78 Å². The maximum Gasteiger partial charge on any atom is 0.165 e. The number of carbonyl (C=O) groups is 1. The first kappa shape index (κ1) is 13.7. The number of carbonyl (C=O) groups excluding carboxylic acids is 1. The standard InChI is InChI=1S/C14H20O3/c1-5-17-14-7-6-12(10(2)11(14)3)13(15)8-9-16-4/h6-7H,5,8-9H2,1-4H3. The Hall–Kier alpha value is -1.35. The predicted molar refractivity (Wildman–Crippen MR) is 67.9 cm³/mol. The fourth-order valence-corrected chi connectivity index (χ4v) is 1.74. The molecule has 0 N–H and O–H groups in total. The van der Waals surface area contributed by atoms with Crippen molar-refractivity contribution in [3.63, 3.8) is 0 Å². The minimum Gasteiger partial charge on any atom is -0.494 e. The second kappa shape index (κ2) is 6.40. The highest BCUT2D eigenvalue weighted by atomic mass is 16.5. The maximum absolute atomic E-state index is 11.9. The van der Waals surface area contributed by atoms with Crippen LogP contribution in [0.25, 0.3) is 0 Å². The van der Waals surface area contributed by atoms with Crippen molar-refractivity contribution in [3.8, 4) is 5.75 Å². The van der Waals surface area contributed by atoms with Crippen molar-refractivity contribution in [2.24, 2.45) is 0 Å². The van der Waals surface area contributed by atoms with Gasteiger partial charge in [-0.3, -0.25) is 4.79 Å². The average molecular weight is 236 g/mol. The number of hydrogen-bond donors (Lipinski definition) is 0. The fourth-order valence-electron chi connectivity index (χ4n) is 1.74. The number of rotatable bonds is 6. The summed E-state index contributed by atoms with van der Waals surface area (Å²) in [6, 6.07) is 3.71. The highest BCUT2D eigenvalue weighted by molar-refractivity contribution is 5.98. The van der Waals surface area contributed by atoms with Crippen LogP contribution in [-0.2, 0) is 4.74 Å². The quantitative estimate of drug-likeness (QED) is 0.712. The van der Waals surface area contributed by atoms with E-state index in [1.54, 1.807) is 7.11 Å². The molecular weight excluding hydrogens is 216 g/mol. The molecule has 0 bridgehead atoms. The Bertz CT molecular complexity index is 397. The molecule has 0 aliphatic heterocycles. The minimum atomic E-state index is 0.121. The van der Waals surface area contributed by atoms with Gasteiger partial charge in [-0.25, -0.2) is 0 Å². The molecule has 0 heterocycles. The summed E-state index contributed by atoms with van der Waals surface area (Å²) in [6.45, 7) is 6.99. The molecule has 0 aromatic heterocycles. The molecule has 0 radical (unpaired) electrons. The summed E-state index contributed by atoms with van der Waals surface area (Å²) in [6.07, 6.45) is 0.421. The third-order valence-corrected chi connectivity index (χ3v) is 2.87. The third-order valence-electron chi connectivity index (χ3n) is 2.87. The molecule has 0 fully saturated rings. The lowest BCUT2D eigenvalue weighted by atomic mass is 9.98. The van der Waals surface area contributed by atoms with Gasteiger partial charge in [-0.15, -0.1) is 0 Å². The second-order valence-electron chi connectivity index (χ2n) is 3.96. The molecule has 0 spiro atoms. The highest BCUT2D eigenvalue weighted by Gasteiger charge is 2.13. The number of benzene rings is 1. The van der Waals surface area contributed by atoms with E-state index in [-0.39, 0.29) is 5.78 Å². The molecule has 1 aromatic carbocycles. The molecule has 1 aromatic rings. The van der Waals surface area contributed by atoms with Crippen molar-refractivity contribution in [1.82, 2.24) is 0 Å². The van der Waals surface area contributed by atoms with E-state index in [0.29, 0.717) is 19.6 Å². The number of ether oxygens (including phenoxy) is 2. The monoisotopic (exact) mass is 236 g/mol. The zero-order valence-corrected chi connectivity index (χ0v) is 11.0. The van der Waals surface area contributed by atoms with E-state index in [9.17, 15) is 4.79 Å². The van der Waals surface area contributed by atoms with Gasteiger partial charge in [-0.1, -0.05) is 0 Å². The van der Waals surface area contributed by atoms with Crippen LogP contribution < -0.4 is 4.74 Å². The summed E-state index contributed by atoms with van der Waals surface area (Å²) < 4.78 is 10.4. The van der Waals surface area contributed by atoms with E-state index in [0.717, 1.165) is 22.4 Å². The maximum atomic E-state index is 11.9. The average Bonchev–Trinajstić information content (AvgIpc) is 2.32. The van der Waals surface area contributed by atoms with E-state index >= 15 is 0 Å². The zero-order chi connectivity index (χ0) is 12.8. The molecule has 3 nitrogen and oxygen atoms in total. The van der Waals surface area contributed by atoms with Gasteiger partial charge in [-0.2, -0.15) is 0 Å². The lowest BCUT2D eigenvalue weighted by Crippen LogP contribution is -2.07. The van der Waals surface area contributed by atoms with Crippen LogP contribution >= 0.6 is 0 Å². The van der Waals surface area contributed by atoms with Crippen LogP contribution in [0.5, 0.6) is 5.75 Å². The van der Waals surface area contributed by atoms with E-state index < -0.39 is 0 Å². The Labute approximate surface area is 103 Å². The molecule has 3 heteroatoms. The van der Waals surface area contributed by atoms with E-state index in [1.807, 2.05) is 32.9 Å². The SMILES string of the molecule is CCOc1ccc(C(=O)CCOC)c(C)c1C. The van der Waals surface area contributed by atoms with Crippen LogP contribution in [-0.4, -0.2) is 26.1 Å². The van der Waals surface area contributed by atoms with Crippen LogP contribution in [0, 0.1) is 13.8 Å². The van der Waals surface area contributed by atoms with Crippen molar-refractivity contribution in [1.29, 1.82) is 0 Å². The predicted octanol–water partition coefficient (Wildman–Crippen LogP) is 2.92. The largest absolute Gasteiger partial charge is 0.494 e. The van der Waals surface area contributed by atoms with Crippen LogP contribution in [0.1, 0.15) is 34.8 Å². The Morgan fingerprint density at radius 1 is 1.24 bits per heavy atom. The number of Topliss-reactive ketones (excluding diaryl/α,β-unsaturated/α-hetero) is 1. The fraction of sp³-hybridized carbons (Fsp3) is 0.500. The van der Waals surface area contributed by atoms with Crippen LogP contribution in [0.15, 0.2) is 12.1 Å². The molecule has 0 amide bonds. The van der Waals surface area contributed by atoms with Crippen molar-refractivity contribution >= 4 is 5.78 Å². The first-order valence-corrected chi connectivity index (χ1v) is 5.87. The molecule has 0 unspecified atom stereocenters. The Morgan fingerprint density at radius 3 is 2.53 bits per heavy atom. The lowest BCUT2D eigenvalue weighted by molar-refractivity contribution is 0.0931. The topological polar surface area (TPSA) is 35.5 Å². The minimum absolute atomic E-state index is 0.121. The van der Waals surface area contributed by atoms with E-state index in [2.05, 4.69) is 0 Å². The highest BCUT2D eigenvalue weighted by Crippen LogP contribution is 2.25. The summed E-state index contributed by atoms with van der Waals surface area (Å²) >= 11 is 0. The molecule has 0 aliphatic carbocycles. The third kappa shape index (κ3) is 3.30. The second-order valence-corrected chi connectivity index (χ2v) is 3.96. The Morgan fingerprint density at radius 2 is 1.94 bits per heavy atom. The summed E-state index contributed by atoms with van der Waals surface area (Å²) in [7, 11) is 1.60. The summed E-state index contributed by atoms with van der Waals surface area (Å²) in [5.74, 6) is 0.976. The first-order valence-electron chi connectivity index (χ1n) is 5.87. The van der Waals surface area contributed by atoms with Gasteiger partial charge in [0.25, 0.3) is 0 Å². The van der Waals surface area contributed by atoms with Crippen molar-refractivity contribution in [3.05, 3.63) is 28.8 Å². The van der Waals surface area contributed by atoms with Gasteiger partial charge in [-0.05, 0) is 44.0 Å². The first-order chi connectivity index (χ1) is 8.11. The Kier molecular flexibility index (Phi) is 5.16. The van der Waals surface area contributed by atoms with Gasteiger partial charge in [0.05, 0.1) is 13.2 Å². The van der Waals surface area contributed by atoms with E-state index in [4.69, 9.17) is 9.47 Å². The number of methoxy groups -OCH3 is 1. The summed E-state index contributed by atoms with van der Waals surface area (Å²) in [4.78, 5) is 11.9. The van der Waals surface area contributed by atoms with Gasteiger partial charge in [0.2, 0.25) is 0 Å². The van der Waals surface area contributed by atoms with Crippen LogP contribution in [0.2, 0.25) is 0 Å². The molecule has 0 saturated heterocycles. The van der Waals surface area contributed by atoms with Gasteiger partial charge >= 0.3 is 0 Å².